The second-order valence-electron chi connectivity index (χ2n) is 5.54. The van der Waals surface area contributed by atoms with Crippen LogP contribution in [0, 0.1) is 6.92 Å². The van der Waals surface area contributed by atoms with Crippen molar-refractivity contribution in [3.05, 3.63) is 58.6 Å². The van der Waals surface area contributed by atoms with Gasteiger partial charge in [-0.3, -0.25) is 9.59 Å². The summed E-state index contributed by atoms with van der Waals surface area (Å²) >= 11 is 5.85. The molecule has 1 amide bonds. The SMILES string of the molecule is CC(=O)Nc1ccc(C(=O)COC(=O)COc2ccc(Cl)cc2C)cc1. The minimum atomic E-state index is -0.650. The molecule has 0 heterocycles. The molecule has 0 spiro atoms. The summed E-state index contributed by atoms with van der Waals surface area (Å²) < 4.78 is 10.3. The van der Waals surface area contributed by atoms with Crippen molar-refractivity contribution in [2.24, 2.45) is 0 Å². The largest absolute Gasteiger partial charge is 0.482 e. The first kappa shape index (κ1) is 19.5. The molecule has 0 unspecified atom stereocenters. The maximum atomic E-state index is 12.0. The van der Waals surface area contributed by atoms with Crippen LogP contribution in [0.1, 0.15) is 22.8 Å². The third kappa shape index (κ3) is 5.89. The van der Waals surface area contributed by atoms with Gasteiger partial charge in [-0.1, -0.05) is 11.6 Å². The average molecular weight is 376 g/mol. The number of amides is 1. The molecule has 1 N–H and O–H groups in total. The monoisotopic (exact) mass is 375 g/mol. The van der Waals surface area contributed by atoms with E-state index in [-0.39, 0.29) is 24.9 Å². The van der Waals surface area contributed by atoms with E-state index in [1.54, 1.807) is 49.4 Å². The lowest BCUT2D eigenvalue weighted by molar-refractivity contribution is -0.144. The molecule has 7 heteroatoms. The van der Waals surface area contributed by atoms with E-state index in [1.165, 1.54) is 6.92 Å². The van der Waals surface area contributed by atoms with Crippen molar-refractivity contribution in [2.75, 3.05) is 18.5 Å². The highest BCUT2D eigenvalue weighted by Crippen LogP contribution is 2.21. The van der Waals surface area contributed by atoms with Crippen LogP contribution < -0.4 is 10.1 Å². The number of nitrogens with one attached hydrogen (secondary N) is 1. The molecule has 2 aromatic carbocycles. The maximum Gasteiger partial charge on any atom is 0.344 e. The van der Waals surface area contributed by atoms with Gasteiger partial charge in [-0.05, 0) is 55.0 Å². The molecule has 0 aromatic heterocycles. The van der Waals surface area contributed by atoms with Crippen LogP contribution in [0.25, 0.3) is 0 Å². The average Bonchev–Trinajstić information content (AvgIpc) is 2.59. The quantitative estimate of drug-likeness (QED) is 0.592. The Morgan fingerprint density at radius 3 is 2.35 bits per heavy atom. The molecule has 2 aromatic rings. The third-order valence-electron chi connectivity index (χ3n) is 3.37. The fourth-order valence-corrected chi connectivity index (χ4v) is 2.35. The molecule has 0 aliphatic rings. The van der Waals surface area contributed by atoms with Gasteiger partial charge in [-0.15, -0.1) is 0 Å². The summed E-state index contributed by atoms with van der Waals surface area (Å²) in [6, 6.07) is 11.3. The summed E-state index contributed by atoms with van der Waals surface area (Å²) in [5, 5.41) is 3.18. The van der Waals surface area contributed by atoms with Gasteiger partial charge in [0.2, 0.25) is 5.91 Å². The van der Waals surface area contributed by atoms with Crippen molar-refractivity contribution >= 4 is 34.9 Å². The highest BCUT2D eigenvalue weighted by Gasteiger charge is 2.11. The van der Waals surface area contributed by atoms with E-state index in [9.17, 15) is 14.4 Å². The predicted octanol–water partition coefficient (Wildman–Crippen LogP) is 3.41. The molecule has 0 atom stereocenters. The summed E-state index contributed by atoms with van der Waals surface area (Å²) in [6.45, 7) is 2.51. The number of anilines is 1. The molecule has 6 nitrogen and oxygen atoms in total. The number of hydrogen-bond acceptors (Lipinski definition) is 5. The second-order valence-corrected chi connectivity index (χ2v) is 5.98. The normalized spacial score (nSPS) is 10.1. The highest BCUT2D eigenvalue weighted by atomic mass is 35.5. The predicted molar refractivity (Wildman–Crippen MR) is 97.7 cm³/mol. The van der Waals surface area contributed by atoms with E-state index in [1.807, 2.05) is 0 Å². The molecule has 0 aliphatic carbocycles. The zero-order chi connectivity index (χ0) is 19.1. The summed E-state index contributed by atoms with van der Waals surface area (Å²) in [5.74, 6) is -0.682. The molecular formula is C19H18ClNO5. The lowest BCUT2D eigenvalue weighted by Crippen LogP contribution is -2.19. The van der Waals surface area contributed by atoms with Crippen molar-refractivity contribution in [3.8, 4) is 5.75 Å². The fourth-order valence-electron chi connectivity index (χ4n) is 2.13. The van der Waals surface area contributed by atoms with Crippen LogP contribution in [0.15, 0.2) is 42.5 Å². The number of benzene rings is 2. The minimum Gasteiger partial charge on any atom is -0.482 e. The first-order valence-electron chi connectivity index (χ1n) is 7.80. The Hall–Kier alpha value is -2.86. The van der Waals surface area contributed by atoms with Crippen LogP contribution in [0.2, 0.25) is 5.02 Å². The van der Waals surface area contributed by atoms with Crippen LogP contribution in [-0.2, 0) is 14.3 Å². The van der Waals surface area contributed by atoms with Gasteiger partial charge < -0.3 is 14.8 Å². The number of carbonyl (C=O) groups is 3. The molecule has 0 saturated heterocycles. The van der Waals surface area contributed by atoms with Gasteiger partial charge in [0.05, 0.1) is 0 Å². The Balaban J connectivity index is 1.81. The summed E-state index contributed by atoms with van der Waals surface area (Å²) in [5.41, 5.74) is 1.75. The van der Waals surface area contributed by atoms with Crippen molar-refractivity contribution in [1.82, 2.24) is 0 Å². The lowest BCUT2D eigenvalue weighted by Gasteiger charge is -2.09. The number of halogens is 1. The molecule has 0 aliphatic heterocycles. The van der Waals surface area contributed by atoms with Gasteiger partial charge >= 0.3 is 5.97 Å². The summed E-state index contributed by atoms with van der Waals surface area (Å²) in [6.07, 6.45) is 0. The van der Waals surface area contributed by atoms with Crippen LogP contribution in [0.5, 0.6) is 5.75 Å². The van der Waals surface area contributed by atoms with Crippen molar-refractivity contribution in [2.45, 2.75) is 13.8 Å². The molecule has 26 heavy (non-hydrogen) atoms. The lowest BCUT2D eigenvalue weighted by atomic mass is 10.1. The van der Waals surface area contributed by atoms with Gasteiger partial charge in [-0.25, -0.2) is 4.79 Å². The number of ketones is 1. The smallest absolute Gasteiger partial charge is 0.344 e. The number of aryl methyl sites for hydroxylation is 1. The standard InChI is InChI=1S/C19H18ClNO5/c1-12-9-15(20)5-8-18(12)25-11-19(24)26-10-17(23)14-3-6-16(7-4-14)21-13(2)22/h3-9H,10-11H2,1-2H3,(H,21,22). The number of carbonyl (C=O) groups excluding carboxylic acids is 3. The molecule has 0 fully saturated rings. The van der Waals surface area contributed by atoms with Gasteiger partial charge in [-0.2, -0.15) is 0 Å². The summed E-state index contributed by atoms with van der Waals surface area (Å²) in [4.78, 5) is 34.7. The summed E-state index contributed by atoms with van der Waals surface area (Å²) in [7, 11) is 0. The van der Waals surface area contributed by atoms with Gasteiger partial charge in [0, 0.05) is 23.2 Å². The Morgan fingerprint density at radius 2 is 1.73 bits per heavy atom. The van der Waals surface area contributed by atoms with Crippen LogP contribution >= 0.6 is 11.6 Å². The number of ether oxygens (including phenoxy) is 2. The number of hydrogen-bond donors (Lipinski definition) is 1. The molecule has 0 radical (unpaired) electrons. The van der Waals surface area contributed by atoms with Crippen molar-refractivity contribution < 1.29 is 23.9 Å². The highest BCUT2D eigenvalue weighted by molar-refractivity contribution is 6.30. The van der Waals surface area contributed by atoms with E-state index in [2.05, 4.69) is 5.32 Å². The Kier molecular flexibility index (Phi) is 6.74. The van der Waals surface area contributed by atoms with E-state index >= 15 is 0 Å². The maximum absolute atomic E-state index is 12.0. The molecule has 0 saturated carbocycles. The zero-order valence-electron chi connectivity index (χ0n) is 14.4. The van der Waals surface area contributed by atoms with E-state index in [0.717, 1.165) is 5.56 Å². The third-order valence-corrected chi connectivity index (χ3v) is 3.61. The number of Topliss-reactive ketones (excluding diaryl/α,β-unsaturated/α-hetero) is 1. The van der Waals surface area contributed by atoms with Crippen LogP contribution in [-0.4, -0.2) is 30.9 Å². The first-order chi connectivity index (χ1) is 12.3. The van der Waals surface area contributed by atoms with Crippen molar-refractivity contribution in [3.63, 3.8) is 0 Å². The van der Waals surface area contributed by atoms with E-state index in [4.69, 9.17) is 21.1 Å². The van der Waals surface area contributed by atoms with Gasteiger partial charge in [0.1, 0.15) is 5.75 Å². The number of rotatable bonds is 7. The molecule has 136 valence electrons. The molecule has 0 bridgehead atoms. The van der Waals surface area contributed by atoms with Crippen LogP contribution in [0.4, 0.5) is 5.69 Å². The molecular weight excluding hydrogens is 358 g/mol. The Bertz CT molecular complexity index is 817. The van der Waals surface area contributed by atoms with Crippen LogP contribution in [0.3, 0.4) is 0 Å². The van der Waals surface area contributed by atoms with E-state index in [0.29, 0.717) is 22.0 Å². The second kappa shape index (κ2) is 9.01. The Morgan fingerprint density at radius 1 is 1.04 bits per heavy atom. The topological polar surface area (TPSA) is 81.7 Å². The minimum absolute atomic E-state index is 0.200. The van der Waals surface area contributed by atoms with Crippen molar-refractivity contribution in [1.29, 1.82) is 0 Å². The zero-order valence-corrected chi connectivity index (χ0v) is 15.1. The number of esters is 1. The fraction of sp³-hybridized carbons (Fsp3) is 0.211. The first-order valence-corrected chi connectivity index (χ1v) is 8.18. The van der Waals surface area contributed by atoms with Gasteiger partial charge in [0.15, 0.2) is 19.0 Å². The molecule has 2 rings (SSSR count). The van der Waals surface area contributed by atoms with Gasteiger partial charge in [0.25, 0.3) is 0 Å². The Labute approximate surface area is 156 Å². The van der Waals surface area contributed by atoms with E-state index < -0.39 is 5.97 Å².